The van der Waals surface area contributed by atoms with Crippen LogP contribution in [0, 0.1) is 0 Å². The molecule has 9 rings (SSSR count). The maximum Gasteiger partial charge on any atom is 0.0988 e. The molecule has 6 aromatic carbocycles. The minimum absolute atomic E-state index is 1.13. The number of rotatable bonds is 0. The molecule has 0 saturated carbocycles. The first-order valence-electron chi connectivity index (χ1n) is 13.0. The van der Waals surface area contributed by atoms with Gasteiger partial charge in [0.15, 0.2) is 0 Å². The number of benzene rings is 6. The minimum atomic E-state index is 1.13. The fourth-order valence-corrected chi connectivity index (χ4v) is 6.52. The summed E-state index contributed by atoms with van der Waals surface area (Å²) in [5.41, 5.74) is 13.2. The largest absolute Gasteiger partial charge is 0.471 e. The summed E-state index contributed by atoms with van der Waals surface area (Å²) in [5, 5.41) is 4.98. The molecule has 2 heteroatoms. The Morgan fingerprint density at radius 1 is 0.368 bits per heavy atom. The summed E-state index contributed by atoms with van der Waals surface area (Å²) >= 11 is 0. The Morgan fingerprint density at radius 3 is 1.58 bits per heavy atom. The van der Waals surface area contributed by atoms with Gasteiger partial charge in [0.2, 0.25) is 0 Å². The van der Waals surface area contributed by atoms with Crippen molar-refractivity contribution in [2.75, 3.05) is 4.90 Å². The van der Waals surface area contributed by atoms with Crippen molar-refractivity contribution < 1.29 is 4.42 Å². The Balaban J connectivity index is 1.54. The van der Waals surface area contributed by atoms with Crippen molar-refractivity contribution in [2.24, 2.45) is 0 Å². The van der Waals surface area contributed by atoms with Gasteiger partial charge in [-0.2, -0.15) is 0 Å². The molecule has 1 aromatic heterocycles. The highest BCUT2D eigenvalue weighted by Crippen LogP contribution is 2.59. The summed E-state index contributed by atoms with van der Waals surface area (Å²) in [5.74, 6) is 0. The Kier molecular flexibility index (Phi) is 3.82. The van der Waals surface area contributed by atoms with Crippen LogP contribution in [0.3, 0.4) is 0 Å². The van der Waals surface area contributed by atoms with Crippen LogP contribution >= 0.6 is 0 Å². The molecule has 0 fully saturated rings. The van der Waals surface area contributed by atoms with E-state index in [0.29, 0.717) is 0 Å². The van der Waals surface area contributed by atoms with Crippen molar-refractivity contribution in [2.45, 2.75) is 0 Å². The second-order valence-electron chi connectivity index (χ2n) is 10.2. The first-order chi connectivity index (χ1) is 18.8. The molecule has 0 saturated heterocycles. The van der Waals surface area contributed by atoms with E-state index in [1.807, 2.05) is 12.5 Å². The van der Waals surface area contributed by atoms with Crippen molar-refractivity contribution in [3.63, 3.8) is 0 Å². The summed E-state index contributed by atoms with van der Waals surface area (Å²) in [7, 11) is 0. The fraction of sp³-hybridized carbons (Fsp3) is 0. The Morgan fingerprint density at radius 2 is 0.868 bits per heavy atom. The van der Waals surface area contributed by atoms with Gasteiger partial charge in [0.25, 0.3) is 0 Å². The first kappa shape index (κ1) is 20.0. The SMILES string of the molecule is c1ccc2c(c1)-c1cocc1-c1cccc3c1N2c1cc2ccccc2cc1-c1cc2ccccc2cc1-3. The zero-order valence-corrected chi connectivity index (χ0v) is 20.5. The van der Waals surface area contributed by atoms with E-state index in [4.69, 9.17) is 4.42 Å². The average Bonchev–Trinajstić information content (AvgIpc) is 3.38. The average molecular weight is 484 g/mol. The summed E-state index contributed by atoms with van der Waals surface area (Å²) in [4.78, 5) is 2.49. The molecule has 2 aliphatic heterocycles. The molecular weight excluding hydrogens is 462 g/mol. The van der Waals surface area contributed by atoms with Crippen LogP contribution in [0.1, 0.15) is 0 Å². The highest BCUT2D eigenvalue weighted by atomic mass is 16.3. The lowest BCUT2D eigenvalue weighted by Gasteiger charge is -2.29. The van der Waals surface area contributed by atoms with Gasteiger partial charge in [-0.1, -0.05) is 84.9 Å². The highest BCUT2D eigenvalue weighted by molar-refractivity contribution is 6.14. The van der Waals surface area contributed by atoms with E-state index in [0.717, 1.165) is 16.8 Å². The minimum Gasteiger partial charge on any atom is -0.471 e. The number of anilines is 3. The third-order valence-corrected chi connectivity index (χ3v) is 8.22. The van der Waals surface area contributed by atoms with E-state index in [-0.39, 0.29) is 0 Å². The van der Waals surface area contributed by atoms with Crippen molar-refractivity contribution >= 4 is 38.6 Å². The predicted octanol–water partition coefficient (Wildman–Crippen LogP) is 10.4. The third kappa shape index (κ3) is 2.56. The Bertz CT molecular complexity index is 2100. The van der Waals surface area contributed by atoms with Gasteiger partial charge < -0.3 is 9.32 Å². The Hall–Kier alpha value is -5.08. The summed E-state index contributed by atoms with van der Waals surface area (Å²) in [6.07, 6.45) is 3.79. The van der Waals surface area contributed by atoms with E-state index in [1.165, 1.54) is 66.3 Å². The molecule has 0 spiro atoms. The van der Waals surface area contributed by atoms with Gasteiger partial charge >= 0.3 is 0 Å². The van der Waals surface area contributed by atoms with E-state index in [1.54, 1.807) is 0 Å². The van der Waals surface area contributed by atoms with Crippen LogP contribution in [0.25, 0.3) is 66.1 Å². The van der Waals surface area contributed by atoms with Crippen molar-refractivity contribution in [1.29, 1.82) is 0 Å². The van der Waals surface area contributed by atoms with Gasteiger partial charge in [0.1, 0.15) is 0 Å². The van der Waals surface area contributed by atoms with Gasteiger partial charge in [0, 0.05) is 33.4 Å². The van der Waals surface area contributed by atoms with Crippen molar-refractivity contribution in [1.82, 2.24) is 0 Å². The number of para-hydroxylation sites is 2. The smallest absolute Gasteiger partial charge is 0.0988 e. The molecule has 2 nitrogen and oxygen atoms in total. The summed E-state index contributed by atoms with van der Waals surface area (Å²) < 4.78 is 5.83. The van der Waals surface area contributed by atoms with Gasteiger partial charge in [0.05, 0.1) is 29.6 Å². The molecule has 2 aliphatic rings. The van der Waals surface area contributed by atoms with Crippen LogP contribution in [0.2, 0.25) is 0 Å². The van der Waals surface area contributed by atoms with Crippen LogP contribution < -0.4 is 4.90 Å². The molecule has 0 radical (unpaired) electrons. The maximum absolute atomic E-state index is 5.83. The molecule has 0 N–H and O–H groups in total. The van der Waals surface area contributed by atoms with Gasteiger partial charge in [-0.15, -0.1) is 0 Å². The number of hydrogen-bond donors (Lipinski definition) is 0. The normalized spacial score (nSPS) is 12.7. The number of fused-ring (bicyclic) bond motifs is 12. The molecule has 7 aromatic rings. The number of hydrogen-bond acceptors (Lipinski definition) is 2. The number of furan rings is 1. The molecule has 0 unspecified atom stereocenters. The van der Waals surface area contributed by atoms with Gasteiger partial charge in [-0.25, -0.2) is 0 Å². The molecule has 0 amide bonds. The predicted molar refractivity (Wildman–Crippen MR) is 157 cm³/mol. The summed E-state index contributed by atoms with van der Waals surface area (Å²) in [6, 6.07) is 42.2. The van der Waals surface area contributed by atoms with Crippen LogP contribution in [0.5, 0.6) is 0 Å². The molecule has 38 heavy (non-hydrogen) atoms. The zero-order valence-electron chi connectivity index (χ0n) is 20.5. The third-order valence-electron chi connectivity index (χ3n) is 8.22. The van der Waals surface area contributed by atoms with E-state index in [9.17, 15) is 0 Å². The second-order valence-corrected chi connectivity index (χ2v) is 10.2. The molecule has 176 valence electrons. The topological polar surface area (TPSA) is 16.4 Å². The van der Waals surface area contributed by atoms with E-state index >= 15 is 0 Å². The molecule has 0 atom stereocenters. The zero-order chi connectivity index (χ0) is 24.8. The number of nitrogens with zero attached hydrogens (tertiary/aromatic N) is 1. The Labute approximate surface area is 220 Å². The van der Waals surface area contributed by atoms with Crippen LogP contribution in [0.4, 0.5) is 17.1 Å². The molecule has 0 aliphatic carbocycles. The lowest BCUT2D eigenvalue weighted by atomic mass is 9.89. The van der Waals surface area contributed by atoms with Crippen molar-refractivity contribution in [3.05, 3.63) is 128 Å². The lowest BCUT2D eigenvalue weighted by molar-refractivity contribution is 0.569. The van der Waals surface area contributed by atoms with E-state index < -0.39 is 0 Å². The first-order valence-corrected chi connectivity index (χ1v) is 13.0. The van der Waals surface area contributed by atoms with Crippen LogP contribution in [-0.4, -0.2) is 0 Å². The van der Waals surface area contributed by atoms with Gasteiger partial charge in [-0.3, -0.25) is 0 Å². The molecular formula is C36H21NO. The summed E-state index contributed by atoms with van der Waals surface area (Å²) in [6.45, 7) is 0. The second kappa shape index (κ2) is 7.24. The molecule has 3 heterocycles. The van der Waals surface area contributed by atoms with E-state index in [2.05, 4.69) is 120 Å². The lowest BCUT2D eigenvalue weighted by Crippen LogP contribution is -2.12. The van der Waals surface area contributed by atoms with Gasteiger partial charge in [-0.05, 0) is 63.0 Å². The maximum atomic E-state index is 5.83. The fourth-order valence-electron chi connectivity index (χ4n) is 6.52. The van der Waals surface area contributed by atoms with Crippen LogP contribution in [0.15, 0.2) is 132 Å². The standard InChI is InChI=1S/C36H21NO/c1-2-9-23-17-30-29(16-22(23)8-1)27-13-7-14-28-33-21-38-20-32(33)26-12-5-6-15-34(26)37(36(27)28)35-19-25-11-4-3-10-24(25)18-31(30)35/h1-21H. The van der Waals surface area contributed by atoms with Crippen LogP contribution in [-0.2, 0) is 0 Å². The van der Waals surface area contributed by atoms with Crippen molar-refractivity contribution in [3.8, 4) is 44.5 Å². The quantitative estimate of drug-likeness (QED) is 0.213. The highest BCUT2D eigenvalue weighted by Gasteiger charge is 2.33. The monoisotopic (exact) mass is 483 g/mol. The molecule has 0 bridgehead atoms.